The SMILES string of the molecule is C.Cc1ccc(S(=O)(=O)O)cc1.O=C(O)c1nc2ccccc2n(C2C[C@H]3CCC[C@@H](C2)N3C2CC3CCCC(C3)C2)c1=O. The van der Waals surface area contributed by atoms with Crippen LogP contribution in [0.5, 0.6) is 0 Å². The number of rotatable bonds is 4. The third-order valence-electron chi connectivity index (χ3n) is 10.2. The van der Waals surface area contributed by atoms with Crippen molar-refractivity contribution in [3.05, 3.63) is 70.1 Å². The molecular weight excluding hydrogens is 578 g/mol. The van der Waals surface area contributed by atoms with Crippen LogP contribution in [-0.2, 0) is 10.1 Å². The second-order valence-electron chi connectivity index (χ2n) is 13.1. The Hall–Kier alpha value is -3.08. The summed E-state index contributed by atoms with van der Waals surface area (Å²) in [6.45, 7) is 1.84. The van der Waals surface area contributed by atoms with Crippen LogP contribution in [0.2, 0.25) is 0 Å². The maximum atomic E-state index is 13.3. The topological polar surface area (TPSA) is 130 Å². The van der Waals surface area contributed by atoms with Gasteiger partial charge in [0.15, 0.2) is 0 Å². The van der Waals surface area contributed by atoms with Gasteiger partial charge in [0, 0.05) is 24.2 Å². The van der Waals surface area contributed by atoms with Gasteiger partial charge in [-0.2, -0.15) is 8.42 Å². The van der Waals surface area contributed by atoms with Crippen LogP contribution in [0.1, 0.15) is 100 Å². The fraction of sp³-hybridized carbons (Fsp3) is 0.559. The molecule has 0 amide bonds. The van der Waals surface area contributed by atoms with E-state index in [2.05, 4.69) is 9.88 Å². The van der Waals surface area contributed by atoms with E-state index in [1.54, 1.807) is 16.7 Å². The van der Waals surface area contributed by atoms with Crippen molar-refractivity contribution in [1.29, 1.82) is 0 Å². The number of aromatic nitrogens is 2. The summed E-state index contributed by atoms with van der Waals surface area (Å²) in [5.41, 5.74) is 1.53. The molecule has 4 fully saturated rings. The monoisotopic (exact) mass is 623 g/mol. The minimum Gasteiger partial charge on any atom is -0.476 e. The van der Waals surface area contributed by atoms with Crippen LogP contribution in [0.25, 0.3) is 11.0 Å². The van der Waals surface area contributed by atoms with E-state index >= 15 is 0 Å². The quantitative estimate of drug-likeness (QED) is 0.315. The predicted molar refractivity (Wildman–Crippen MR) is 171 cm³/mol. The number of carboxylic acids is 1. The van der Waals surface area contributed by atoms with Gasteiger partial charge in [0.2, 0.25) is 5.69 Å². The molecule has 3 unspecified atom stereocenters. The molecule has 7 rings (SSSR count). The Balaban J connectivity index is 0.000000273. The van der Waals surface area contributed by atoms with E-state index in [0.717, 1.165) is 35.8 Å². The first-order chi connectivity index (χ1) is 20.6. The summed E-state index contributed by atoms with van der Waals surface area (Å²) in [6, 6.07) is 15.2. The molecule has 3 aromatic rings. The molecule has 5 atom stereocenters. The molecule has 0 radical (unpaired) electrons. The van der Waals surface area contributed by atoms with Crippen LogP contribution in [0.3, 0.4) is 0 Å². The Bertz CT molecular complexity index is 1630. The highest BCUT2D eigenvalue weighted by Gasteiger charge is 2.45. The van der Waals surface area contributed by atoms with Crippen molar-refractivity contribution >= 4 is 27.1 Å². The maximum Gasteiger partial charge on any atom is 0.360 e. The third-order valence-corrected chi connectivity index (χ3v) is 11.1. The maximum absolute atomic E-state index is 13.3. The zero-order valence-corrected chi connectivity index (χ0v) is 25.5. The van der Waals surface area contributed by atoms with Crippen molar-refractivity contribution in [3.8, 4) is 0 Å². The molecule has 238 valence electrons. The minimum absolute atomic E-state index is 0. The number of aromatic carboxylic acids is 1. The van der Waals surface area contributed by atoms with Crippen LogP contribution < -0.4 is 5.56 Å². The number of hydrogen-bond donors (Lipinski definition) is 2. The predicted octanol–water partition coefficient (Wildman–Crippen LogP) is 6.50. The minimum atomic E-state index is -4.02. The van der Waals surface area contributed by atoms with E-state index in [-0.39, 0.29) is 24.1 Å². The molecule has 4 aliphatic rings. The Morgan fingerprint density at radius 3 is 2.00 bits per heavy atom. The van der Waals surface area contributed by atoms with Crippen LogP contribution in [0.15, 0.2) is 58.2 Å². The van der Waals surface area contributed by atoms with Crippen molar-refractivity contribution in [2.45, 2.75) is 114 Å². The van der Waals surface area contributed by atoms with E-state index < -0.39 is 21.6 Å². The summed E-state index contributed by atoms with van der Waals surface area (Å²) in [5, 5.41) is 9.62. The average Bonchev–Trinajstić information content (AvgIpc) is 2.96. The van der Waals surface area contributed by atoms with Gasteiger partial charge >= 0.3 is 5.97 Å². The van der Waals surface area contributed by atoms with Gasteiger partial charge in [-0.3, -0.25) is 14.2 Å². The van der Waals surface area contributed by atoms with Crippen LogP contribution in [0, 0.1) is 18.8 Å². The Morgan fingerprint density at radius 2 is 1.41 bits per heavy atom. The average molecular weight is 624 g/mol. The summed E-state index contributed by atoms with van der Waals surface area (Å²) in [4.78, 5) is 32.0. The van der Waals surface area contributed by atoms with Gasteiger partial charge < -0.3 is 9.67 Å². The molecule has 4 bridgehead atoms. The summed E-state index contributed by atoms with van der Waals surface area (Å²) < 4.78 is 31.3. The molecule has 2 N–H and O–H groups in total. The van der Waals surface area contributed by atoms with Gasteiger partial charge in [0.1, 0.15) is 0 Å². The molecule has 3 heterocycles. The molecule has 0 spiro atoms. The fourth-order valence-electron chi connectivity index (χ4n) is 8.50. The fourth-order valence-corrected chi connectivity index (χ4v) is 8.98. The number of para-hydroxylation sites is 2. The van der Waals surface area contributed by atoms with Gasteiger partial charge in [0.25, 0.3) is 15.7 Å². The van der Waals surface area contributed by atoms with Gasteiger partial charge in [-0.25, -0.2) is 9.78 Å². The second kappa shape index (κ2) is 13.1. The Labute approximate surface area is 260 Å². The lowest BCUT2D eigenvalue weighted by molar-refractivity contribution is -0.0486. The lowest BCUT2D eigenvalue weighted by atomic mass is 9.68. The molecular formula is C34H45N3O6S. The van der Waals surface area contributed by atoms with Gasteiger partial charge in [-0.1, -0.05) is 62.9 Å². The summed E-state index contributed by atoms with van der Waals surface area (Å²) in [6.07, 6.45) is 13.9. The van der Waals surface area contributed by atoms with Gasteiger partial charge in [-0.05, 0) is 88.0 Å². The number of benzene rings is 2. The number of nitrogens with zero attached hydrogens (tertiary/aromatic N) is 3. The van der Waals surface area contributed by atoms with Gasteiger partial charge in [-0.15, -0.1) is 0 Å². The first-order valence-corrected chi connectivity index (χ1v) is 17.1. The van der Waals surface area contributed by atoms with E-state index in [1.165, 1.54) is 69.9 Å². The van der Waals surface area contributed by atoms with E-state index in [9.17, 15) is 23.1 Å². The van der Waals surface area contributed by atoms with E-state index in [0.29, 0.717) is 23.6 Å². The molecule has 2 aliphatic heterocycles. The first-order valence-electron chi connectivity index (χ1n) is 15.6. The van der Waals surface area contributed by atoms with Crippen molar-refractivity contribution in [3.63, 3.8) is 0 Å². The highest BCUT2D eigenvalue weighted by Crippen LogP contribution is 2.47. The summed E-state index contributed by atoms with van der Waals surface area (Å²) in [7, 11) is -4.02. The largest absolute Gasteiger partial charge is 0.476 e. The normalized spacial score (nSPS) is 28.3. The number of hydrogen-bond acceptors (Lipinski definition) is 6. The van der Waals surface area contributed by atoms with Crippen molar-refractivity contribution in [2.24, 2.45) is 11.8 Å². The van der Waals surface area contributed by atoms with Crippen molar-refractivity contribution in [1.82, 2.24) is 14.5 Å². The van der Waals surface area contributed by atoms with E-state index in [4.69, 9.17) is 4.55 Å². The van der Waals surface area contributed by atoms with Crippen LogP contribution >= 0.6 is 0 Å². The smallest absolute Gasteiger partial charge is 0.360 e. The molecule has 10 heteroatoms. The van der Waals surface area contributed by atoms with Crippen LogP contribution in [-0.4, -0.2) is 56.6 Å². The number of piperidine rings is 2. The third kappa shape index (κ3) is 6.62. The number of fused-ring (bicyclic) bond motifs is 5. The second-order valence-corrected chi connectivity index (χ2v) is 14.5. The molecule has 2 aromatic carbocycles. The lowest BCUT2D eigenvalue weighted by Gasteiger charge is -2.55. The Kier molecular flexibility index (Phi) is 9.63. The van der Waals surface area contributed by atoms with Crippen molar-refractivity contribution in [2.75, 3.05) is 0 Å². The highest BCUT2D eigenvalue weighted by molar-refractivity contribution is 7.85. The molecule has 44 heavy (non-hydrogen) atoms. The summed E-state index contributed by atoms with van der Waals surface area (Å²) in [5.74, 6) is 0.590. The number of aryl methyl sites for hydroxylation is 1. The first kappa shape index (κ1) is 32.3. The lowest BCUT2D eigenvalue weighted by Crippen LogP contribution is -2.58. The molecule has 1 aromatic heterocycles. The Morgan fingerprint density at radius 1 is 0.818 bits per heavy atom. The molecule has 2 saturated carbocycles. The van der Waals surface area contributed by atoms with Crippen LogP contribution in [0.4, 0.5) is 0 Å². The highest BCUT2D eigenvalue weighted by atomic mass is 32.2. The zero-order chi connectivity index (χ0) is 30.3. The molecule has 2 saturated heterocycles. The molecule has 2 aliphatic carbocycles. The molecule has 9 nitrogen and oxygen atoms in total. The number of carbonyl (C=O) groups is 1. The van der Waals surface area contributed by atoms with Crippen molar-refractivity contribution < 1.29 is 22.9 Å². The van der Waals surface area contributed by atoms with Gasteiger partial charge in [0.05, 0.1) is 15.9 Å². The summed E-state index contributed by atoms with van der Waals surface area (Å²) >= 11 is 0. The van der Waals surface area contributed by atoms with E-state index in [1.807, 2.05) is 31.2 Å². The zero-order valence-electron chi connectivity index (χ0n) is 24.6. The standard InChI is InChI=1S/C26H33N3O3.C7H8O3S.CH4/c30-25-24(26(31)32)27-22-9-1-2-10-23(22)29(25)21-14-18-7-4-8-19(15-21)28(18)20-12-16-5-3-6-17(11-16)13-20;1-6-2-4-7(5-3-6)11(8,9)10;/h1-2,9-10,16-21H,3-8,11-15H2,(H,31,32);2-5H,1H3,(H,8,9,10);1H4/t16?,17?,18-,19+,20?,21?;;. The number of carboxylic acid groups (broad SMARTS) is 1.